The topological polar surface area (TPSA) is 85.8 Å². The fraction of sp³-hybridized carbons (Fsp3) is 0.611. The molecule has 0 aromatic carbocycles. The number of amides is 1. The van der Waals surface area contributed by atoms with Gasteiger partial charge in [0.05, 0.1) is 11.8 Å². The molecule has 2 aromatic heterocycles. The van der Waals surface area contributed by atoms with Crippen LogP contribution >= 0.6 is 12.4 Å². The monoisotopic (exact) mass is 381 g/mol. The van der Waals surface area contributed by atoms with Crippen molar-refractivity contribution in [3.63, 3.8) is 0 Å². The molecular weight excluding hydrogens is 354 g/mol. The van der Waals surface area contributed by atoms with E-state index in [9.17, 15) is 4.79 Å². The zero-order valence-corrected chi connectivity index (χ0v) is 16.5. The van der Waals surface area contributed by atoms with Gasteiger partial charge in [0.15, 0.2) is 5.65 Å². The van der Waals surface area contributed by atoms with Gasteiger partial charge in [-0.2, -0.15) is 5.10 Å². The summed E-state index contributed by atoms with van der Waals surface area (Å²) in [6, 6.07) is 1.97. The number of piperidine rings is 1. The van der Waals surface area contributed by atoms with Crippen molar-refractivity contribution in [1.82, 2.24) is 19.5 Å². The van der Waals surface area contributed by atoms with E-state index in [0.29, 0.717) is 37.5 Å². The lowest BCUT2D eigenvalue weighted by atomic mass is 10.1. The molecule has 3 rings (SSSR count). The van der Waals surface area contributed by atoms with E-state index in [1.54, 1.807) is 4.52 Å². The summed E-state index contributed by atoms with van der Waals surface area (Å²) < 4.78 is 7.58. The van der Waals surface area contributed by atoms with E-state index >= 15 is 0 Å². The van der Waals surface area contributed by atoms with Crippen molar-refractivity contribution in [2.75, 3.05) is 26.2 Å². The molecule has 1 amide bonds. The Kier molecular flexibility index (Phi) is 6.97. The Morgan fingerprint density at radius 1 is 1.31 bits per heavy atom. The summed E-state index contributed by atoms with van der Waals surface area (Å²) in [7, 11) is 0. The van der Waals surface area contributed by atoms with Gasteiger partial charge in [0.25, 0.3) is 5.91 Å². The van der Waals surface area contributed by atoms with E-state index < -0.39 is 0 Å². The highest BCUT2D eigenvalue weighted by atomic mass is 35.5. The van der Waals surface area contributed by atoms with Gasteiger partial charge < -0.3 is 15.4 Å². The van der Waals surface area contributed by atoms with Crippen molar-refractivity contribution in [2.24, 2.45) is 5.73 Å². The van der Waals surface area contributed by atoms with Crippen LogP contribution in [0, 0.1) is 20.8 Å². The fourth-order valence-electron chi connectivity index (χ4n) is 3.39. The maximum atomic E-state index is 13.1. The Morgan fingerprint density at radius 3 is 2.65 bits per heavy atom. The Hall–Kier alpha value is -1.70. The summed E-state index contributed by atoms with van der Waals surface area (Å²) in [5, 5.41) is 4.50. The standard InChI is InChI=1S/C18H27N5O2.ClH/c1-12-11-13(2)23-17(20-12)16(14(3)21-23)18(24)22-8-5-15(6-9-22)25-10-4-7-19;/h11,15H,4-10,19H2,1-3H3;1H. The molecule has 2 N–H and O–H groups in total. The third kappa shape index (κ3) is 4.16. The molecule has 0 unspecified atom stereocenters. The van der Waals surface area contributed by atoms with E-state index in [4.69, 9.17) is 10.5 Å². The number of hydrogen-bond donors (Lipinski definition) is 1. The zero-order chi connectivity index (χ0) is 18.0. The minimum atomic E-state index is 0. The van der Waals surface area contributed by atoms with Gasteiger partial charge in [-0.15, -0.1) is 12.4 Å². The number of aromatic nitrogens is 3. The third-order valence-corrected chi connectivity index (χ3v) is 4.72. The number of halogens is 1. The lowest BCUT2D eigenvalue weighted by molar-refractivity contribution is 0.00848. The predicted octanol–water partition coefficient (Wildman–Crippen LogP) is 2.05. The van der Waals surface area contributed by atoms with Crippen LogP contribution in [0.1, 0.15) is 46.7 Å². The molecule has 3 heterocycles. The average molecular weight is 382 g/mol. The average Bonchev–Trinajstić information content (AvgIpc) is 2.91. The van der Waals surface area contributed by atoms with Crippen LogP contribution in [0.25, 0.3) is 5.65 Å². The van der Waals surface area contributed by atoms with Crippen molar-refractivity contribution in [3.8, 4) is 0 Å². The number of carbonyl (C=O) groups excluding carboxylic acids is 1. The summed E-state index contributed by atoms with van der Waals surface area (Å²) in [6.45, 7) is 8.54. The molecule has 1 aliphatic rings. The van der Waals surface area contributed by atoms with Gasteiger partial charge in [-0.1, -0.05) is 0 Å². The number of aryl methyl sites for hydroxylation is 3. The first-order valence-electron chi connectivity index (χ1n) is 8.95. The van der Waals surface area contributed by atoms with E-state index in [1.807, 2.05) is 31.7 Å². The summed E-state index contributed by atoms with van der Waals surface area (Å²) in [5.74, 6) is 0.0189. The van der Waals surface area contributed by atoms with E-state index in [1.165, 1.54) is 0 Å². The number of rotatable bonds is 5. The molecule has 144 valence electrons. The third-order valence-electron chi connectivity index (χ3n) is 4.72. The van der Waals surface area contributed by atoms with Crippen LogP contribution in [0.5, 0.6) is 0 Å². The summed E-state index contributed by atoms with van der Waals surface area (Å²) in [5.41, 5.74) is 9.37. The quantitative estimate of drug-likeness (QED) is 0.801. The van der Waals surface area contributed by atoms with Crippen LogP contribution in [0.2, 0.25) is 0 Å². The lowest BCUT2D eigenvalue weighted by Gasteiger charge is -2.32. The van der Waals surface area contributed by atoms with Gasteiger partial charge in [-0.3, -0.25) is 4.79 Å². The molecule has 26 heavy (non-hydrogen) atoms. The number of hydrogen-bond acceptors (Lipinski definition) is 5. The lowest BCUT2D eigenvalue weighted by Crippen LogP contribution is -2.41. The second-order valence-electron chi connectivity index (χ2n) is 6.74. The SMILES string of the molecule is Cc1cc(C)n2nc(C)c(C(=O)N3CCC(OCCCN)CC3)c2n1.Cl. The summed E-state index contributed by atoms with van der Waals surface area (Å²) in [4.78, 5) is 19.5. The van der Waals surface area contributed by atoms with Gasteiger partial charge in [0, 0.05) is 31.1 Å². The maximum Gasteiger partial charge on any atom is 0.259 e. The van der Waals surface area contributed by atoms with E-state index in [2.05, 4.69) is 10.1 Å². The maximum absolute atomic E-state index is 13.1. The van der Waals surface area contributed by atoms with Gasteiger partial charge in [0.1, 0.15) is 5.56 Å². The van der Waals surface area contributed by atoms with Crippen LogP contribution < -0.4 is 5.73 Å². The minimum absolute atomic E-state index is 0. The van der Waals surface area contributed by atoms with Gasteiger partial charge >= 0.3 is 0 Å². The highest BCUT2D eigenvalue weighted by Crippen LogP contribution is 2.21. The molecule has 0 radical (unpaired) electrons. The van der Waals surface area contributed by atoms with Crippen molar-refractivity contribution < 1.29 is 9.53 Å². The second kappa shape index (κ2) is 8.79. The highest BCUT2D eigenvalue weighted by Gasteiger charge is 2.28. The number of ether oxygens (including phenoxy) is 1. The van der Waals surface area contributed by atoms with Crippen LogP contribution in [-0.4, -0.2) is 57.8 Å². The first-order chi connectivity index (χ1) is 12.0. The van der Waals surface area contributed by atoms with E-state index in [0.717, 1.165) is 36.3 Å². The van der Waals surface area contributed by atoms with Gasteiger partial charge in [-0.05, 0) is 52.6 Å². The molecule has 0 spiro atoms. The molecule has 0 saturated carbocycles. The summed E-state index contributed by atoms with van der Waals surface area (Å²) in [6.07, 6.45) is 2.83. The molecule has 1 aliphatic heterocycles. The van der Waals surface area contributed by atoms with Crippen molar-refractivity contribution in [1.29, 1.82) is 0 Å². The van der Waals surface area contributed by atoms with Crippen LogP contribution in [-0.2, 0) is 4.74 Å². The molecule has 1 saturated heterocycles. The Labute approximate surface area is 160 Å². The molecule has 7 nitrogen and oxygen atoms in total. The minimum Gasteiger partial charge on any atom is -0.378 e. The number of nitrogens with zero attached hydrogens (tertiary/aromatic N) is 4. The van der Waals surface area contributed by atoms with Crippen molar-refractivity contribution >= 4 is 24.0 Å². The normalized spacial score (nSPS) is 15.3. The highest BCUT2D eigenvalue weighted by molar-refractivity contribution is 6.01. The fourth-order valence-corrected chi connectivity index (χ4v) is 3.39. The summed E-state index contributed by atoms with van der Waals surface area (Å²) >= 11 is 0. The molecule has 1 fully saturated rings. The predicted molar refractivity (Wildman–Crippen MR) is 103 cm³/mol. The number of likely N-dealkylation sites (tertiary alicyclic amines) is 1. The zero-order valence-electron chi connectivity index (χ0n) is 15.7. The molecule has 0 bridgehead atoms. The Bertz CT molecular complexity index is 769. The number of carbonyl (C=O) groups is 1. The Morgan fingerprint density at radius 2 is 2.00 bits per heavy atom. The van der Waals surface area contributed by atoms with Gasteiger partial charge in [-0.25, -0.2) is 9.50 Å². The molecule has 2 aromatic rings. The molecular formula is C18H28ClN5O2. The largest absolute Gasteiger partial charge is 0.378 e. The van der Waals surface area contributed by atoms with E-state index in [-0.39, 0.29) is 24.4 Å². The number of nitrogens with two attached hydrogens (primary N) is 1. The van der Waals surface area contributed by atoms with Gasteiger partial charge in [0.2, 0.25) is 0 Å². The molecule has 0 atom stereocenters. The second-order valence-corrected chi connectivity index (χ2v) is 6.74. The smallest absolute Gasteiger partial charge is 0.259 e. The first kappa shape index (κ1) is 20.6. The van der Waals surface area contributed by atoms with Crippen LogP contribution in [0.15, 0.2) is 6.07 Å². The van der Waals surface area contributed by atoms with Crippen molar-refractivity contribution in [2.45, 2.75) is 46.1 Å². The number of fused-ring (bicyclic) bond motifs is 1. The first-order valence-corrected chi connectivity index (χ1v) is 8.95. The molecule has 0 aliphatic carbocycles. The van der Waals surface area contributed by atoms with Crippen LogP contribution in [0.4, 0.5) is 0 Å². The van der Waals surface area contributed by atoms with Crippen LogP contribution in [0.3, 0.4) is 0 Å². The van der Waals surface area contributed by atoms with Crippen molar-refractivity contribution in [3.05, 3.63) is 28.7 Å². The Balaban J connectivity index is 0.00000243. The molecule has 8 heteroatoms.